The lowest BCUT2D eigenvalue weighted by molar-refractivity contribution is 0.894. The molecule has 0 aliphatic rings. The first-order chi connectivity index (χ1) is 8.20. The molecule has 0 radical (unpaired) electrons. The predicted octanol–water partition coefficient (Wildman–Crippen LogP) is 4.28. The monoisotopic (exact) mass is 330 g/mol. The Morgan fingerprint density at radius 1 is 1.47 bits per heavy atom. The Bertz CT molecular complexity index is 487. The lowest BCUT2D eigenvalue weighted by Crippen LogP contribution is -2.16. The molecule has 0 bridgehead atoms. The second-order valence-electron chi connectivity index (χ2n) is 3.75. The van der Waals surface area contributed by atoms with Crippen molar-refractivity contribution in [3.05, 3.63) is 44.8 Å². The van der Waals surface area contributed by atoms with E-state index in [1.165, 1.54) is 0 Å². The van der Waals surface area contributed by atoms with Gasteiger partial charge in [-0.15, -0.1) is 22.9 Å². The van der Waals surface area contributed by atoms with E-state index in [4.69, 9.17) is 11.6 Å². The number of nitrogens with zero attached hydrogens (tertiary/aromatic N) is 2. The molecule has 1 aromatic carbocycles. The fraction of sp³-hybridized carbons (Fsp3) is 0.250. The first-order valence-corrected chi connectivity index (χ1v) is 7.40. The third-order valence-electron chi connectivity index (χ3n) is 2.50. The van der Waals surface area contributed by atoms with Gasteiger partial charge in [0, 0.05) is 28.5 Å². The normalized spacial score (nSPS) is 10.5. The minimum Gasteiger partial charge on any atom is -0.369 e. The Morgan fingerprint density at radius 3 is 2.88 bits per heavy atom. The minimum atomic E-state index is 0.524. The summed E-state index contributed by atoms with van der Waals surface area (Å²) in [5, 5.41) is 2.07. The highest BCUT2D eigenvalue weighted by atomic mass is 79.9. The standard InChI is InChI=1S/C12H12BrClN2S/c1-16(6-10-7-17-8-15-10)11-3-2-9(5-14)12(13)4-11/h2-4,7-8H,5-6H2,1H3. The molecule has 0 amide bonds. The minimum absolute atomic E-state index is 0.524. The van der Waals surface area contributed by atoms with Crippen LogP contribution in [0.4, 0.5) is 5.69 Å². The summed E-state index contributed by atoms with van der Waals surface area (Å²) in [6.07, 6.45) is 0. The summed E-state index contributed by atoms with van der Waals surface area (Å²) in [7, 11) is 2.06. The summed E-state index contributed by atoms with van der Waals surface area (Å²) >= 11 is 11.0. The van der Waals surface area contributed by atoms with Crippen molar-refractivity contribution in [2.45, 2.75) is 12.4 Å². The largest absolute Gasteiger partial charge is 0.369 e. The van der Waals surface area contributed by atoms with Crippen LogP contribution in [0.5, 0.6) is 0 Å². The van der Waals surface area contributed by atoms with Crippen LogP contribution in [0, 0.1) is 0 Å². The van der Waals surface area contributed by atoms with Crippen LogP contribution in [0.15, 0.2) is 33.6 Å². The average Bonchev–Trinajstić information content (AvgIpc) is 2.81. The molecule has 0 fully saturated rings. The van der Waals surface area contributed by atoms with Gasteiger partial charge in [-0.1, -0.05) is 22.0 Å². The van der Waals surface area contributed by atoms with Gasteiger partial charge < -0.3 is 4.90 Å². The van der Waals surface area contributed by atoms with E-state index < -0.39 is 0 Å². The molecule has 2 rings (SSSR count). The maximum Gasteiger partial charge on any atom is 0.0795 e. The molecule has 90 valence electrons. The molecule has 0 N–H and O–H groups in total. The third-order valence-corrected chi connectivity index (χ3v) is 4.17. The molecule has 0 aliphatic heterocycles. The Morgan fingerprint density at radius 2 is 2.29 bits per heavy atom. The number of anilines is 1. The molecule has 2 nitrogen and oxygen atoms in total. The van der Waals surface area contributed by atoms with Gasteiger partial charge in [0.2, 0.25) is 0 Å². The van der Waals surface area contributed by atoms with Crippen LogP contribution >= 0.6 is 38.9 Å². The van der Waals surface area contributed by atoms with E-state index in [9.17, 15) is 0 Å². The van der Waals surface area contributed by atoms with Crippen LogP contribution < -0.4 is 4.90 Å². The van der Waals surface area contributed by atoms with Crippen molar-refractivity contribution >= 4 is 44.6 Å². The van der Waals surface area contributed by atoms with Gasteiger partial charge in [-0.2, -0.15) is 0 Å². The highest BCUT2D eigenvalue weighted by molar-refractivity contribution is 9.10. The van der Waals surface area contributed by atoms with Gasteiger partial charge in [-0.05, 0) is 17.7 Å². The summed E-state index contributed by atoms with van der Waals surface area (Å²) in [6, 6.07) is 6.21. The highest BCUT2D eigenvalue weighted by Crippen LogP contribution is 2.25. The Balaban J connectivity index is 2.14. The molecule has 0 saturated heterocycles. The maximum absolute atomic E-state index is 5.83. The number of hydrogen-bond donors (Lipinski definition) is 0. The van der Waals surface area contributed by atoms with Gasteiger partial charge in [-0.25, -0.2) is 4.98 Å². The smallest absolute Gasteiger partial charge is 0.0795 e. The number of alkyl halides is 1. The summed E-state index contributed by atoms with van der Waals surface area (Å²) in [5.41, 5.74) is 5.21. The van der Waals surface area contributed by atoms with E-state index in [1.54, 1.807) is 11.3 Å². The predicted molar refractivity (Wildman–Crippen MR) is 77.9 cm³/mol. The Labute approximate surface area is 118 Å². The van der Waals surface area contributed by atoms with Crippen molar-refractivity contribution in [3.8, 4) is 0 Å². The fourth-order valence-electron chi connectivity index (χ4n) is 1.53. The Kier molecular flexibility index (Phi) is 4.42. The van der Waals surface area contributed by atoms with Crippen LogP contribution in [-0.2, 0) is 12.4 Å². The number of hydrogen-bond acceptors (Lipinski definition) is 3. The van der Waals surface area contributed by atoms with Gasteiger partial charge in [0.1, 0.15) is 0 Å². The molecule has 17 heavy (non-hydrogen) atoms. The van der Waals surface area contributed by atoms with Crippen LogP contribution in [0.25, 0.3) is 0 Å². The number of rotatable bonds is 4. The first-order valence-electron chi connectivity index (χ1n) is 5.13. The zero-order valence-corrected chi connectivity index (χ0v) is 12.5. The molecule has 0 unspecified atom stereocenters. The molecule has 5 heteroatoms. The molecule has 0 aliphatic carbocycles. The molecular weight excluding hydrogens is 320 g/mol. The maximum atomic E-state index is 5.83. The van der Waals surface area contributed by atoms with Crippen molar-refractivity contribution in [1.82, 2.24) is 4.98 Å². The van der Waals surface area contributed by atoms with E-state index in [2.05, 4.69) is 50.4 Å². The van der Waals surface area contributed by atoms with Crippen LogP contribution in [-0.4, -0.2) is 12.0 Å². The zero-order valence-electron chi connectivity index (χ0n) is 9.36. The SMILES string of the molecule is CN(Cc1cscn1)c1ccc(CCl)c(Br)c1. The lowest BCUT2D eigenvalue weighted by atomic mass is 10.2. The second-order valence-corrected chi connectivity index (χ2v) is 5.59. The van der Waals surface area contributed by atoms with Gasteiger partial charge in [-0.3, -0.25) is 0 Å². The van der Waals surface area contributed by atoms with Crippen LogP contribution in [0.1, 0.15) is 11.3 Å². The number of halogens is 2. The molecule has 0 atom stereocenters. The quantitative estimate of drug-likeness (QED) is 0.777. The molecular formula is C12H12BrClN2S. The summed E-state index contributed by atoms with van der Waals surface area (Å²) < 4.78 is 1.05. The van der Waals surface area contributed by atoms with Crippen molar-refractivity contribution in [1.29, 1.82) is 0 Å². The van der Waals surface area contributed by atoms with Gasteiger partial charge in [0.15, 0.2) is 0 Å². The van der Waals surface area contributed by atoms with E-state index in [0.717, 1.165) is 28.0 Å². The van der Waals surface area contributed by atoms with Crippen LogP contribution in [0.3, 0.4) is 0 Å². The third kappa shape index (κ3) is 3.21. The molecule has 2 aromatic rings. The average molecular weight is 332 g/mol. The molecule has 0 saturated carbocycles. The van der Waals surface area contributed by atoms with Crippen molar-refractivity contribution in [2.75, 3.05) is 11.9 Å². The number of benzene rings is 1. The second kappa shape index (κ2) is 5.85. The summed E-state index contributed by atoms with van der Waals surface area (Å²) in [4.78, 5) is 6.45. The van der Waals surface area contributed by atoms with Crippen molar-refractivity contribution in [3.63, 3.8) is 0 Å². The lowest BCUT2D eigenvalue weighted by Gasteiger charge is -2.19. The van der Waals surface area contributed by atoms with E-state index in [0.29, 0.717) is 5.88 Å². The number of aromatic nitrogens is 1. The van der Waals surface area contributed by atoms with Gasteiger partial charge in [0.05, 0.1) is 17.7 Å². The summed E-state index contributed by atoms with van der Waals surface area (Å²) in [5.74, 6) is 0.524. The van der Waals surface area contributed by atoms with Gasteiger partial charge in [0.25, 0.3) is 0 Å². The van der Waals surface area contributed by atoms with Crippen molar-refractivity contribution in [2.24, 2.45) is 0 Å². The van der Waals surface area contributed by atoms with Crippen molar-refractivity contribution < 1.29 is 0 Å². The molecule has 0 spiro atoms. The number of thiazole rings is 1. The first kappa shape index (κ1) is 12.9. The summed E-state index contributed by atoms with van der Waals surface area (Å²) in [6.45, 7) is 0.816. The van der Waals surface area contributed by atoms with E-state index in [1.807, 2.05) is 11.6 Å². The fourth-order valence-corrected chi connectivity index (χ4v) is 2.98. The molecule has 1 aromatic heterocycles. The zero-order chi connectivity index (χ0) is 12.3. The van der Waals surface area contributed by atoms with Gasteiger partial charge >= 0.3 is 0 Å². The highest BCUT2D eigenvalue weighted by Gasteiger charge is 2.06. The molecule has 1 heterocycles. The topological polar surface area (TPSA) is 16.1 Å². The van der Waals surface area contributed by atoms with E-state index in [-0.39, 0.29) is 0 Å². The van der Waals surface area contributed by atoms with Crippen LogP contribution in [0.2, 0.25) is 0 Å². The Hall–Kier alpha value is -0.580. The van der Waals surface area contributed by atoms with E-state index >= 15 is 0 Å².